The monoisotopic (exact) mass is 421 g/mol. The first kappa shape index (κ1) is 22.9. The van der Waals surface area contributed by atoms with E-state index in [1.807, 2.05) is 13.8 Å². The van der Waals surface area contributed by atoms with Crippen molar-refractivity contribution in [2.24, 2.45) is 34.5 Å². The van der Waals surface area contributed by atoms with Crippen molar-refractivity contribution in [3.8, 4) is 0 Å². The molecule has 0 saturated heterocycles. The molecule has 0 spiro atoms. The molecule has 3 aliphatic carbocycles. The van der Waals surface area contributed by atoms with E-state index in [4.69, 9.17) is 9.84 Å². The van der Waals surface area contributed by atoms with E-state index in [0.717, 1.165) is 24.8 Å². The van der Waals surface area contributed by atoms with Crippen LogP contribution in [-0.2, 0) is 19.1 Å². The summed E-state index contributed by atoms with van der Waals surface area (Å²) in [6.45, 7) is 5.98. The number of rotatable bonds is 4. The minimum Gasteiger partial charge on any atom is -0.469 e. The number of Topliss-reactive ketones (excluding diaryl/α,β-unsaturated/α-hetero) is 1. The molecule has 7 heteroatoms. The van der Waals surface area contributed by atoms with Crippen LogP contribution in [0.25, 0.3) is 0 Å². The fourth-order valence-corrected chi connectivity index (χ4v) is 6.92. The summed E-state index contributed by atoms with van der Waals surface area (Å²) >= 11 is 0. The third-order valence-electron chi connectivity index (χ3n) is 8.27. The number of amides is 1. The van der Waals surface area contributed by atoms with Gasteiger partial charge in [-0.3, -0.25) is 14.4 Å². The van der Waals surface area contributed by atoms with Gasteiger partial charge in [0.15, 0.2) is 5.78 Å². The average Bonchev–Trinajstić information content (AvgIpc) is 2.71. The summed E-state index contributed by atoms with van der Waals surface area (Å²) in [7, 11) is 1.36. The lowest BCUT2D eigenvalue weighted by atomic mass is 9.42. The minimum atomic E-state index is -1.22. The topological polar surface area (TPSA) is 113 Å². The van der Waals surface area contributed by atoms with Gasteiger partial charge >= 0.3 is 5.97 Å². The van der Waals surface area contributed by atoms with Crippen molar-refractivity contribution in [1.82, 2.24) is 5.32 Å². The summed E-state index contributed by atoms with van der Waals surface area (Å²) in [5.74, 6) is -1.78. The number of aliphatic hydroxyl groups excluding tert-OH is 2. The Balaban J connectivity index is 1.95. The first-order chi connectivity index (χ1) is 14.1. The largest absolute Gasteiger partial charge is 0.469 e. The fourth-order valence-electron chi connectivity index (χ4n) is 6.92. The molecule has 0 aliphatic heterocycles. The van der Waals surface area contributed by atoms with Gasteiger partial charge in [-0.25, -0.2) is 0 Å². The van der Waals surface area contributed by atoms with Gasteiger partial charge in [-0.1, -0.05) is 25.8 Å². The number of esters is 1. The molecule has 3 rings (SSSR count). The summed E-state index contributed by atoms with van der Waals surface area (Å²) in [6.07, 6.45) is 4.09. The molecular formula is C23H35NO6. The molecule has 3 N–H and O–H groups in total. The lowest BCUT2D eigenvalue weighted by Crippen LogP contribution is -2.65. The number of hydrogen-bond acceptors (Lipinski definition) is 6. The molecule has 30 heavy (non-hydrogen) atoms. The van der Waals surface area contributed by atoms with Gasteiger partial charge in [0.05, 0.1) is 19.1 Å². The molecule has 0 aromatic heterocycles. The van der Waals surface area contributed by atoms with Crippen LogP contribution in [0.2, 0.25) is 0 Å². The molecule has 3 aliphatic rings. The first-order valence-corrected chi connectivity index (χ1v) is 11.0. The third kappa shape index (κ3) is 3.50. The maximum absolute atomic E-state index is 13.4. The maximum Gasteiger partial charge on any atom is 0.311 e. The summed E-state index contributed by atoms with van der Waals surface area (Å²) < 4.78 is 5.09. The van der Waals surface area contributed by atoms with Crippen molar-refractivity contribution in [2.45, 2.75) is 59.0 Å². The van der Waals surface area contributed by atoms with Gasteiger partial charge < -0.3 is 20.3 Å². The van der Waals surface area contributed by atoms with Crippen LogP contribution in [0.4, 0.5) is 0 Å². The quantitative estimate of drug-likeness (QED) is 0.470. The van der Waals surface area contributed by atoms with Crippen molar-refractivity contribution < 1.29 is 29.3 Å². The molecule has 7 unspecified atom stereocenters. The molecule has 0 aromatic rings. The van der Waals surface area contributed by atoms with Crippen molar-refractivity contribution in [1.29, 1.82) is 0 Å². The number of ketones is 1. The van der Waals surface area contributed by atoms with Crippen LogP contribution >= 0.6 is 0 Å². The van der Waals surface area contributed by atoms with Crippen LogP contribution in [0.5, 0.6) is 0 Å². The molecule has 168 valence electrons. The molecule has 0 heterocycles. The number of ether oxygens (including phenoxy) is 1. The second-order valence-corrected chi connectivity index (χ2v) is 9.79. The molecule has 0 aromatic carbocycles. The van der Waals surface area contributed by atoms with Crippen molar-refractivity contribution in [3.63, 3.8) is 0 Å². The molecule has 7 atom stereocenters. The van der Waals surface area contributed by atoms with Crippen LogP contribution in [0.15, 0.2) is 11.6 Å². The lowest BCUT2D eigenvalue weighted by Gasteiger charge is -2.61. The smallest absolute Gasteiger partial charge is 0.311 e. The average molecular weight is 422 g/mol. The molecular weight excluding hydrogens is 386 g/mol. The third-order valence-corrected chi connectivity index (χ3v) is 8.27. The van der Waals surface area contributed by atoms with Gasteiger partial charge in [0.2, 0.25) is 5.91 Å². The highest BCUT2D eigenvalue weighted by molar-refractivity contribution is 5.91. The summed E-state index contributed by atoms with van der Waals surface area (Å²) in [5.41, 5.74) is -0.329. The highest BCUT2D eigenvalue weighted by Gasteiger charge is 2.66. The van der Waals surface area contributed by atoms with E-state index in [1.165, 1.54) is 7.11 Å². The zero-order chi connectivity index (χ0) is 22.3. The molecule has 0 bridgehead atoms. The Morgan fingerprint density at radius 1 is 1.30 bits per heavy atom. The van der Waals surface area contributed by atoms with E-state index < -0.39 is 17.4 Å². The second-order valence-electron chi connectivity index (χ2n) is 9.79. The van der Waals surface area contributed by atoms with Gasteiger partial charge in [0.25, 0.3) is 0 Å². The van der Waals surface area contributed by atoms with Crippen LogP contribution in [0.3, 0.4) is 0 Å². The molecule has 7 nitrogen and oxygen atoms in total. The number of fused-ring (bicyclic) bond motifs is 3. The maximum atomic E-state index is 13.4. The standard InChI is InChI=1S/C23H35NO6/c1-13-14(12-16(26)24-10-11-25)6-7-15-17(13)18(27)19(28)20-22(15,2)8-5-9-23(20,3)21(29)30-4/h12-13,15,17,19-20,25,28H,5-11H2,1-4H3,(H,24,26). The molecule has 3 fully saturated rings. The number of carbonyl (C=O) groups is 3. The van der Waals surface area contributed by atoms with E-state index in [-0.39, 0.29) is 54.0 Å². The summed E-state index contributed by atoms with van der Waals surface area (Å²) in [4.78, 5) is 38.2. The van der Waals surface area contributed by atoms with Gasteiger partial charge in [-0.15, -0.1) is 0 Å². The van der Waals surface area contributed by atoms with Gasteiger partial charge in [-0.05, 0) is 49.9 Å². The predicted molar refractivity (Wildman–Crippen MR) is 110 cm³/mol. The van der Waals surface area contributed by atoms with E-state index in [9.17, 15) is 19.5 Å². The fraction of sp³-hybridized carbons (Fsp3) is 0.783. The Bertz CT molecular complexity index is 748. The second kappa shape index (κ2) is 8.42. The normalized spacial score (nSPS) is 42.3. The Kier molecular flexibility index (Phi) is 6.44. The van der Waals surface area contributed by atoms with Crippen molar-refractivity contribution in [2.75, 3.05) is 20.3 Å². The first-order valence-electron chi connectivity index (χ1n) is 11.0. The highest BCUT2D eigenvalue weighted by Crippen LogP contribution is 2.64. The summed E-state index contributed by atoms with van der Waals surface area (Å²) in [5, 5.41) is 22.7. The Labute approximate surface area is 178 Å². The van der Waals surface area contributed by atoms with Gasteiger partial charge in [0.1, 0.15) is 6.10 Å². The number of allylic oxidation sites excluding steroid dienone is 1. The van der Waals surface area contributed by atoms with Gasteiger partial charge in [-0.2, -0.15) is 0 Å². The van der Waals surface area contributed by atoms with Crippen molar-refractivity contribution >= 4 is 17.7 Å². The number of nitrogens with one attached hydrogen (secondary N) is 1. The predicted octanol–water partition coefficient (Wildman–Crippen LogP) is 1.61. The molecule has 3 saturated carbocycles. The van der Waals surface area contributed by atoms with Crippen LogP contribution in [0, 0.1) is 34.5 Å². The molecule has 1 amide bonds. The Morgan fingerprint density at radius 2 is 2.00 bits per heavy atom. The molecule has 0 radical (unpaired) electrons. The van der Waals surface area contributed by atoms with Crippen LogP contribution in [-0.4, -0.2) is 54.2 Å². The SMILES string of the molecule is COC(=O)C1(C)CCCC2(C)C3CCC(=CC(=O)NCCO)C(C)C3C(=O)C(O)C12. The van der Waals surface area contributed by atoms with Crippen LogP contribution in [0.1, 0.15) is 52.9 Å². The zero-order valence-electron chi connectivity index (χ0n) is 18.4. The zero-order valence-corrected chi connectivity index (χ0v) is 18.4. The summed E-state index contributed by atoms with van der Waals surface area (Å²) in [6, 6.07) is 0. The van der Waals surface area contributed by atoms with E-state index in [1.54, 1.807) is 6.08 Å². The van der Waals surface area contributed by atoms with Gasteiger partial charge in [0, 0.05) is 24.5 Å². The van der Waals surface area contributed by atoms with Crippen molar-refractivity contribution in [3.05, 3.63) is 11.6 Å². The number of carbonyl (C=O) groups excluding carboxylic acids is 3. The minimum absolute atomic E-state index is 0.0512. The number of aliphatic hydroxyl groups is 2. The number of methoxy groups -OCH3 is 1. The van der Waals surface area contributed by atoms with E-state index in [2.05, 4.69) is 12.2 Å². The van der Waals surface area contributed by atoms with E-state index >= 15 is 0 Å². The number of hydrogen-bond donors (Lipinski definition) is 3. The highest BCUT2D eigenvalue weighted by atomic mass is 16.5. The van der Waals surface area contributed by atoms with Crippen LogP contribution < -0.4 is 5.32 Å². The lowest BCUT2D eigenvalue weighted by molar-refractivity contribution is -0.198. The Morgan fingerprint density at radius 3 is 2.63 bits per heavy atom. The Hall–Kier alpha value is -1.73. The van der Waals surface area contributed by atoms with E-state index in [0.29, 0.717) is 12.8 Å².